The lowest BCUT2D eigenvalue weighted by molar-refractivity contribution is -0.384. The molecule has 26 heavy (non-hydrogen) atoms. The normalized spacial score (nSPS) is 19.3. The van der Waals surface area contributed by atoms with Gasteiger partial charge >= 0.3 is 5.97 Å². The number of carboxylic acid groups (broad SMARTS) is 1. The highest BCUT2D eigenvalue weighted by Crippen LogP contribution is 2.33. The number of carboxylic acids is 1. The van der Waals surface area contributed by atoms with E-state index in [0.717, 1.165) is 5.56 Å². The zero-order valence-electron chi connectivity index (χ0n) is 13.9. The topological polar surface area (TPSA) is 101 Å². The number of rotatable bonds is 5. The van der Waals surface area contributed by atoms with E-state index in [4.69, 9.17) is 0 Å². The van der Waals surface area contributed by atoms with E-state index in [1.807, 2.05) is 30.3 Å². The third kappa shape index (κ3) is 3.72. The molecule has 2 unspecified atom stereocenters. The van der Waals surface area contributed by atoms with Crippen LogP contribution < -0.4 is 0 Å². The number of nitrogens with zero attached hydrogens (tertiary/aromatic N) is 2. The van der Waals surface area contributed by atoms with Gasteiger partial charge in [0.05, 0.1) is 17.3 Å². The van der Waals surface area contributed by atoms with E-state index in [9.17, 15) is 24.8 Å². The molecular weight excluding hydrogens is 336 g/mol. The third-order valence-corrected chi connectivity index (χ3v) is 4.69. The molecule has 2 aromatic rings. The highest BCUT2D eigenvalue weighted by atomic mass is 16.6. The van der Waals surface area contributed by atoms with Crippen LogP contribution in [0, 0.1) is 16.0 Å². The summed E-state index contributed by atoms with van der Waals surface area (Å²) in [4.78, 5) is 36.1. The minimum Gasteiger partial charge on any atom is -0.481 e. The van der Waals surface area contributed by atoms with Gasteiger partial charge in [0, 0.05) is 31.1 Å². The molecule has 134 valence electrons. The molecule has 0 spiro atoms. The zero-order chi connectivity index (χ0) is 18.7. The van der Waals surface area contributed by atoms with Crippen LogP contribution in [0.4, 0.5) is 5.69 Å². The minimum absolute atomic E-state index is 0.00945. The van der Waals surface area contributed by atoms with Gasteiger partial charge in [-0.05, 0) is 11.1 Å². The number of carbonyl (C=O) groups is 2. The molecule has 0 bridgehead atoms. The average Bonchev–Trinajstić information content (AvgIpc) is 3.08. The summed E-state index contributed by atoms with van der Waals surface area (Å²) in [5, 5.41) is 20.4. The Morgan fingerprint density at radius 1 is 1.12 bits per heavy atom. The minimum atomic E-state index is -0.926. The molecule has 1 aliphatic rings. The second-order valence-electron chi connectivity index (χ2n) is 6.36. The van der Waals surface area contributed by atoms with Crippen molar-refractivity contribution >= 4 is 17.6 Å². The van der Waals surface area contributed by atoms with Crippen LogP contribution in [0.5, 0.6) is 0 Å². The van der Waals surface area contributed by atoms with Crippen LogP contribution in [0.25, 0.3) is 0 Å². The standard InChI is InChI=1S/C19H18N2O5/c22-18(10-13-5-4-8-15(9-13)21(25)26)20-11-16(17(12-20)19(23)24)14-6-2-1-3-7-14/h1-9,16-17H,10-12H2,(H,23,24). The first-order valence-corrected chi connectivity index (χ1v) is 8.24. The van der Waals surface area contributed by atoms with Crippen molar-refractivity contribution in [3.8, 4) is 0 Å². The Kier molecular flexibility index (Phi) is 4.97. The van der Waals surface area contributed by atoms with Crippen molar-refractivity contribution in [1.29, 1.82) is 0 Å². The van der Waals surface area contributed by atoms with E-state index < -0.39 is 16.8 Å². The molecule has 2 aromatic carbocycles. The van der Waals surface area contributed by atoms with E-state index >= 15 is 0 Å². The number of benzene rings is 2. The largest absolute Gasteiger partial charge is 0.481 e. The molecule has 1 amide bonds. The molecule has 0 radical (unpaired) electrons. The summed E-state index contributed by atoms with van der Waals surface area (Å²) >= 11 is 0. The number of likely N-dealkylation sites (tertiary alicyclic amines) is 1. The summed E-state index contributed by atoms with van der Waals surface area (Å²) < 4.78 is 0. The number of non-ortho nitro benzene ring substituents is 1. The number of hydrogen-bond acceptors (Lipinski definition) is 4. The second-order valence-corrected chi connectivity index (χ2v) is 6.36. The lowest BCUT2D eigenvalue weighted by Gasteiger charge is -2.16. The molecule has 1 N–H and O–H groups in total. The lowest BCUT2D eigenvalue weighted by atomic mass is 9.89. The number of nitro groups is 1. The molecule has 7 nitrogen and oxygen atoms in total. The van der Waals surface area contributed by atoms with Gasteiger partial charge in [-0.25, -0.2) is 0 Å². The first kappa shape index (κ1) is 17.6. The van der Waals surface area contributed by atoms with Gasteiger partial charge < -0.3 is 10.0 Å². The van der Waals surface area contributed by atoms with Gasteiger partial charge in [0.1, 0.15) is 0 Å². The van der Waals surface area contributed by atoms with Gasteiger partial charge in [-0.3, -0.25) is 19.7 Å². The molecule has 0 aromatic heterocycles. The SMILES string of the molecule is O=C(O)C1CN(C(=O)Cc2cccc([N+](=O)[O-])c2)CC1c1ccccc1. The van der Waals surface area contributed by atoms with Gasteiger partial charge in [-0.15, -0.1) is 0 Å². The van der Waals surface area contributed by atoms with E-state index in [-0.39, 0.29) is 30.5 Å². The number of nitro benzene ring substituents is 1. The molecule has 1 saturated heterocycles. The second kappa shape index (κ2) is 7.35. The fourth-order valence-electron chi connectivity index (χ4n) is 3.36. The fourth-order valence-corrected chi connectivity index (χ4v) is 3.36. The quantitative estimate of drug-likeness (QED) is 0.656. The fraction of sp³-hybridized carbons (Fsp3) is 0.263. The van der Waals surface area contributed by atoms with Crippen molar-refractivity contribution in [2.75, 3.05) is 13.1 Å². The summed E-state index contributed by atoms with van der Waals surface area (Å²) in [5.74, 6) is -2.08. The molecule has 0 aliphatic carbocycles. The summed E-state index contributed by atoms with van der Waals surface area (Å²) in [5.41, 5.74) is 1.37. The van der Waals surface area contributed by atoms with E-state index in [1.165, 1.54) is 23.1 Å². The smallest absolute Gasteiger partial charge is 0.308 e. The van der Waals surface area contributed by atoms with Gasteiger partial charge in [0.15, 0.2) is 0 Å². The molecule has 2 atom stereocenters. The Morgan fingerprint density at radius 2 is 1.85 bits per heavy atom. The summed E-state index contributed by atoms with van der Waals surface area (Å²) in [6, 6.07) is 15.2. The Labute approximate surface area is 150 Å². The molecular formula is C19H18N2O5. The van der Waals surface area contributed by atoms with Crippen molar-refractivity contribution < 1.29 is 19.6 Å². The molecule has 3 rings (SSSR count). The van der Waals surface area contributed by atoms with Crippen molar-refractivity contribution in [3.63, 3.8) is 0 Å². The molecule has 1 heterocycles. The van der Waals surface area contributed by atoms with Crippen LogP contribution in [0.15, 0.2) is 54.6 Å². The first-order valence-electron chi connectivity index (χ1n) is 8.24. The predicted molar refractivity (Wildman–Crippen MR) is 93.7 cm³/mol. The van der Waals surface area contributed by atoms with Crippen molar-refractivity contribution in [2.24, 2.45) is 5.92 Å². The van der Waals surface area contributed by atoms with Crippen LogP contribution in [0.3, 0.4) is 0 Å². The highest BCUT2D eigenvalue weighted by Gasteiger charge is 2.40. The van der Waals surface area contributed by atoms with Crippen molar-refractivity contribution in [3.05, 3.63) is 75.8 Å². The van der Waals surface area contributed by atoms with Gasteiger partial charge in [-0.2, -0.15) is 0 Å². The lowest BCUT2D eigenvalue weighted by Crippen LogP contribution is -2.31. The zero-order valence-corrected chi connectivity index (χ0v) is 13.9. The maximum atomic E-state index is 12.6. The summed E-state index contributed by atoms with van der Waals surface area (Å²) in [6.07, 6.45) is 0.00945. The number of hydrogen-bond donors (Lipinski definition) is 1. The Balaban J connectivity index is 1.75. The van der Waals surface area contributed by atoms with Crippen LogP contribution in [-0.4, -0.2) is 39.9 Å². The Bertz CT molecular complexity index is 837. The number of aliphatic carboxylic acids is 1. The molecule has 7 heteroatoms. The number of amides is 1. The maximum absolute atomic E-state index is 12.6. The van der Waals surface area contributed by atoms with Crippen LogP contribution in [-0.2, 0) is 16.0 Å². The maximum Gasteiger partial charge on any atom is 0.308 e. The van der Waals surface area contributed by atoms with E-state index in [0.29, 0.717) is 12.1 Å². The summed E-state index contributed by atoms with van der Waals surface area (Å²) in [7, 11) is 0. The Morgan fingerprint density at radius 3 is 2.50 bits per heavy atom. The van der Waals surface area contributed by atoms with Crippen molar-refractivity contribution in [2.45, 2.75) is 12.3 Å². The van der Waals surface area contributed by atoms with Crippen LogP contribution >= 0.6 is 0 Å². The third-order valence-electron chi connectivity index (χ3n) is 4.69. The average molecular weight is 354 g/mol. The van der Waals surface area contributed by atoms with Gasteiger partial charge in [0.25, 0.3) is 5.69 Å². The predicted octanol–water partition coefficient (Wildman–Crippen LogP) is 2.46. The van der Waals surface area contributed by atoms with Gasteiger partial charge in [-0.1, -0.05) is 42.5 Å². The van der Waals surface area contributed by atoms with Crippen molar-refractivity contribution in [1.82, 2.24) is 4.90 Å². The number of carbonyl (C=O) groups excluding carboxylic acids is 1. The van der Waals surface area contributed by atoms with Crippen LogP contribution in [0.1, 0.15) is 17.0 Å². The Hall–Kier alpha value is -3.22. The van der Waals surface area contributed by atoms with E-state index in [1.54, 1.807) is 6.07 Å². The van der Waals surface area contributed by atoms with Gasteiger partial charge in [0.2, 0.25) is 5.91 Å². The molecule has 1 fully saturated rings. The monoisotopic (exact) mass is 354 g/mol. The first-order chi connectivity index (χ1) is 12.5. The summed E-state index contributed by atoms with van der Waals surface area (Å²) in [6.45, 7) is 0.470. The highest BCUT2D eigenvalue weighted by molar-refractivity contribution is 5.81. The molecule has 1 aliphatic heterocycles. The van der Waals surface area contributed by atoms with E-state index in [2.05, 4.69) is 0 Å². The van der Waals surface area contributed by atoms with Crippen LogP contribution in [0.2, 0.25) is 0 Å². The molecule has 0 saturated carbocycles.